The molecule has 0 aliphatic heterocycles. The topological polar surface area (TPSA) is 107 Å². The van der Waals surface area contributed by atoms with Gasteiger partial charge in [-0.1, -0.05) is 17.7 Å². The van der Waals surface area contributed by atoms with Crippen molar-refractivity contribution < 1.29 is 22.5 Å². The van der Waals surface area contributed by atoms with Crippen LogP contribution in [0.2, 0.25) is 0 Å². The minimum absolute atomic E-state index is 0.0389. The normalized spacial score (nSPS) is 13.2. The first-order valence-corrected chi connectivity index (χ1v) is 6.68. The molecule has 3 N–H and O–H groups in total. The number of carboxylic acid groups (broad SMARTS) is 1. The van der Waals surface area contributed by atoms with E-state index in [2.05, 4.69) is 0 Å². The smallest absolute Gasteiger partial charge is 0.320 e. The van der Waals surface area contributed by atoms with Crippen molar-refractivity contribution in [1.82, 2.24) is 0 Å². The van der Waals surface area contributed by atoms with Gasteiger partial charge in [-0.25, -0.2) is 0 Å². The van der Waals surface area contributed by atoms with Gasteiger partial charge in [-0.15, -0.1) is 0 Å². The molecule has 0 saturated heterocycles. The molecule has 0 heterocycles. The van der Waals surface area contributed by atoms with E-state index in [-0.39, 0.29) is 17.9 Å². The standard InChI is InChI=1S/C11H15NO5S/c1-8-2-4-9(5-3-8)18(15,16)17-7-6-10(12)11(13)14/h2-5,10H,6-7,12H2,1H3,(H,13,14)/t10-/m0/s1. The molecule has 0 unspecified atom stereocenters. The summed E-state index contributed by atoms with van der Waals surface area (Å²) in [5.41, 5.74) is 6.16. The first kappa shape index (κ1) is 14.6. The highest BCUT2D eigenvalue weighted by Gasteiger charge is 2.17. The van der Waals surface area contributed by atoms with Crippen molar-refractivity contribution in [3.8, 4) is 0 Å². The Balaban J connectivity index is 2.60. The van der Waals surface area contributed by atoms with Crippen LogP contribution in [-0.4, -0.2) is 32.1 Å². The SMILES string of the molecule is Cc1ccc(S(=O)(=O)OCC[C@H](N)C(=O)O)cc1. The fourth-order valence-electron chi connectivity index (χ4n) is 1.18. The molecule has 1 aromatic carbocycles. The molecule has 1 rings (SSSR count). The van der Waals surface area contributed by atoms with E-state index in [1.807, 2.05) is 6.92 Å². The van der Waals surface area contributed by atoms with E-state index in [9.17, 15) is 13.2 Å². The summed E-state index contributed by atoms with van der Waals surface area (Å²) < 4.78 is 28.1. The van der Waals surface area contributed by atoms with E-state index in [4.69, 9.17) is 15.0 Å². The number of rotatable bonds is 6. The summed E-state index contributed by atoms with van der Waals surface area (Å²) in [5, 5.41) is 8.53. The second kappa shape index (κ2) is 5.94. The van der Waals surface area contributed by atoms with Crippen LogP contribution in [0.15, 0.2) is 29.2 Å². The predicted molar refractivity (Wildman–Crippen MR) is 64.5 cm³/mol. The molecule has 0 radical (unpaired) electrons. The third kappa shape index (κ3) is 4.10. The van der Waals surface area contributed by atoms with Gasteiger partial charge in [0, 0.05) is 0 Å². The minimum Gasteiger partial charge on any atom is -0.480 e. The van der Waals surface area contributed by atoms with Crippen LogP contribution in [0.5, 0.6) is 0 Å². The van der Waals surface area contributed by atoms with E-state index in [0.29, 0.717) is 0 Å². The Bertz CT molecular complexity index is 509. The Hall–Kier alpha value is -1.44. The van der Waals surface area contributed by atoms with E-state index in [0.717, 1.165) is 5.56 Å². The quantitative estimate of drug-likeness (QED) is 0.731. The Morgan fingerprint density at radius 1 is 1.39 bits per heavy atom. The summed E-state index contributed by atoms with van der Waals surface area (Å²) in [6.45, 7) is 1.58. The van der Waals surface area contributed by atoms with Crippen LogP contribution in [0.1, 0.15) is 12.0 Å². The van der Waals surface area contributed by atoms with Gasteiger partial charge in [0.25, 0.3) is 10.1 Å². The Kier molecular flexibility index (Phi) is 4.83. The summed E-state index contributed by atoms with van der Waals surface area (Å²) in [7, 11) is -3.85. The van der Waals surface area contributed by atoms with Crippen molar-refractivity contribution in [3.05, 3.63) is 29.8 Å². The van der Waals surface area contributed by atoms with Crippen molar-refractivity contribution in [2.45, 2.75) is 24.3 Å². The number of carboxylic acids is 1. The zero-order valence-electron chi connectivity index (χ0n) is 9.87. The van der Waals surface area contributed by atoms with Gasteiger partial charge in [0.2, 0.25) is 0 Å². The average molecular weight is 273 g/mol. The molecule has 6 nitrogen and oxygen atoms in total. The molecule has 0 aromatic heterocycles. The van der Waals surface area contributed by atoms with Crippen molar-refractivity contribution in [2.75, 3.05) is 6.61 Å². The number of nitrogens with two attached hydrogens (primary N) is 1. The maximum Gasteiger partial charge on any atom is 0.320 e. The van der Waals surface area contributed by atoms with E-state index in [1.165, 1.54) is 12.1 Å². The van der Waals surface area contributed by atoms with Crippen molar-refractivity contribution in [2.24, 2.45) is 5.73 Å². The van der Waals surface area contributed by atoms with Crippen LogP contribution in [0, 0.1) is 6.92 Å². The number of hydrogen-bond acceptors (Lipinski definition) is 5. The highest BCUT2D eigenvalue weighted by Crippen LogP contribution is 2.13. The number of benzene rings is 1. The van der Waals surface area contributed by atoms with Gasteiger partial charge in [0.15, 0.2) is 0 Å². The van der Waals surface area contributed by atoms with Gasteiger partial charge in [0.05, 0.1) is 11.5 Å². The fourth-order valence-corrected chi connectivity index (χ4v) is 2.10. The predicted octanol–water partition coefficient (Wildman–Crippen LogP) is 0.502. The lowest BCUT2D eigenvalue weighted by Gasteiger charge is -2.08. The molecule has 0 bridgehead atoms. The van der Waals surface area contributed by atoms with E-state index < -0.39 is 22.1 Å². The molecular formula is C11H15NO5S. The lowest BCUT2D eigenvalue weighted by molar-refractivity contribution is -0.138. The number of aryl methyl sites for hydroxylation is 1. The fraction of sp³-hybridized carbons (Fsp3) is 0.364. The molecule has 7 heteroatoms. The summed E-state index contributed by atoms with van der Waals surface area (Å²) in [4.78, 5) is 10.5. The summed E-state index contributed by atoms with van der Waals surface area (Å²) in [6.07, 6.45) is -0.0690. The summed E-state index contributed by atoms with van der Waals surface area (Å²) in [5.74, 6) is -1.19. The first-order chi connectivity index (χ1) is 8.33. The Labute approximate surface area is 105 Å². The molecule has 0 saturated carbocycles. The molecule has 0 fully saturated rings. The Morgan fingerprint density at radius 3 is 2.44 bits per heavy atom. The second-order valence-electron chi connectivity index (χ2n) is 3.82. The maximum absolute atomic E-state index is 11.7. The third-order valence-electron chi connectivity index (χ3n) is 2.29. The van der Waals surface area contributed by atoms with Gasteiger partial charge in [0.1, 0.15) is 6.04 Å². The number of carbonyl (C=O) groups is 1. The third-order valence-corrected chi connectivity index (χ3v) is 3.62. The van der Waals surface area contributed by atoms with Gasteiger partial charge in [-0.3, -0.25) is 8.98 Å². The van der Waals surface area contributed by atoms with Crippen molar-refractivity contribution in [3.63, 3.8) is 0 Å². The largest absolute Gasteiger partial charge is 0.480 e. The zero-order valence-corrected chi connectivity index (χ0v) is 10.7. The van der Waals surface area contributed by atoms with Gasteiger partial charge in [-0.05, 0) is 25.5 Å². The van der Waals surface area contributed by atoms with Crippen LogP contribution in [0.3, 0.4) is 0 Å². The zero-order chi connectivity index (χ0) is 13.8. The van der Waals surface area contributed by atoms with Crippen LogP contribution in [0.4, 0.5) is 0 Å². The lowest BCUT2D eigenvalue weighted by atomic mass is 10.2. The van der Waals surface area contributed by atoms with Gasteiger partial charge < -0.3 is 10.8 Å². The van der Waals surface area contributed by atoms with Gasteiger partial charge in [-0.2, -0.15) is 8.42 Å². The van der Waals surface area contributed by atoms with Crippen LogP contribution in [0.25, 0.3) is 0 Å². The number of hydrogen-bond donors (Lipinski definition) is 2. The molecule has 0 amide bonds. The lowest BCUT2D eigenvalue weighted by Crippen LogP contribution is -2.31. The van der Waals surface area contributed by atoms with Crippen molar-refractivity contribution >= 4 is 16.1 Å². The average Bonchev–Trinajstić information content (AvgIpc) is 2.29. The first-order valence-electron chi connectivity index (χ1n) is 5.27. The highest BCUT2D eigenvalue weighted by atomic mass is 32.2. The molecule has 1 atom stereocenters. The molecule has 1 aromatic rings. The minimum atomic E-state index is -3.85. The Morgan fingerprint density at radius 2 is 1.94 bits per heavy atom. The summed E-state index contributed by atoms with van der Waals surface area (Å²) in [6, 6.07) is 5.04. The van der Waals surface area contributed by atoms with Crippen molar-refractivity contribution in [1.29, 1.82) is 0 Å². The van der Waals surface area contributed by atoms with Crippen LogP contribution >= 0.6 is 0 Å². The summed E-state index contributed by atoms with van der Waals surface area (Å²) >= 11 is 0. The monoisotopic (exact) mass is 273 g/mol. The van der Waals surface area contributed by atoms with E-state index in [1.54, 1.807) is 12.1 Å². The maximum atomic E-state index is 11.7. The molecular weight excluding hydrogens is 258 g/mol. The van der Waals surface area contributed by atoms with Crippen LogP contribution in [-0.2, 0) is 19.1 Å². The van der Waals surface area contributed by atoms with Crippen LogP contribution < -0.4 is 5.73 Å². The van der Waals surface area contributed by atoms with E-state index >= 15 is 0 Å². The molecule has 0 aliphatic rings. The molecule has 0 aliphatic carbocycles. The molecule has 0 spiro atoms. The molecule has 18 heavy (non-hydrogen) atoms. The molecule has 100 valence electrons. The highest BCUT2D eigenvalue weighted by molar-refractivity contribution is 7.86. The second-order valence-corrected chi connectivity index (χ2v) is 5.44. The number of aliphatic carboxylic acids is 1. The van der Waals surface area contributed by atoms with Gasteiger partial charge >= 0.3 is 5.97 Å².